The van der Waals surface area contributed by atoms with Crippen molar-refractivity contribution >= 4 is 33.5 Å². The summed E-state index contributed by atoms with van der Waals surface area (Å²) in [7, 11) is 0. The summed E-state index contributed by atoms with van der Waals surface area (Å²) >= 11 is 2.44. The van der Waals surface area contributed by atoms with Crippen LogP contribution >= 0.6 is 22.6 Å². The van der Waals surface area contributed by atoms with Crippen LogP contribution in [0, 0.1) is 15.4 Å². The van der Waals surface area contributed by atoms with Gasteiger partial charge in [-0.15, -0.1) is 0 Å². The number of benzene rings is 1. The van der Waals surface area contributed by atoms with E-state index in [0.29, 0.717) is 0 Å². The number of nitrogens with zero attached hydrogens (tertiary/aromatic N) is 1. The zero-order valence-electron chi connectivity index (χ0n) is 13.1. The van der Waals surface area contributed by atoms with Crippen molar-refractivity contribution in [3.8, 4) is 0 Å². The summed E-state index contributed by atoms with van der Waals surface area (Å²) in [5, 5.41) is 1.49. The predicted octanol–water partition coefficient (Wildman–Crippen LogP) is 4.53. The molecule has 2 unspecified atom stereocenters. The van der Waals surface area contributed by atoms with Crippen LogP contribution in [0.3, 0.4) is 0 Å². The Balaban J connectivity index is 1.69. The molecule has 0 spiro atoms. The lowest BCUT2D eigenvalue weighted by molar-refractivity contribution is -0.0134. The minimum absolute atomic E-state index is 0.750. The van der Waals surface area contributed by atoms with E-state index in [1.165, 1.54) is 53.2 Å². The lowest BCUT2D eigenvalue weighted by Gasteiger charge is -2.53. The molecular weight excluding hydrogens is 383 g/mol. The second kappa shape index (κ2) is 4.97. The number of hydrogen-bond acceptors (Lipinski definition) is 1. The van der Waals surface area contributed by atoms with Crippen molar-refractivity contribution in [2.45, 2.75) is 44.6 Å². The van der Waals surface area contributed by atoms with E-state index in [-0.39, 0.29) is 0 Å². The van der Waals surface area contributed by atoms with Crippen molar-refractivity contribution in [1.82, 2.24) is 9.88 Å². The molecule has 2 aromatic rings. The van der Waals surface area contributed by atoms with E-state index in [1.54, 1.807) is 11.3 Å². The van der Waals surface area contributed by atoms with Gasteiger partial charge in [0.05, 0.1) is 0 Å². The summed E-state index contributed by atoms with van der Waals surface area (Å²) in [4.78, 5) is 6.68. The molecule has 1 aromatic carbocycles. The number of H-pyrrole nitrogens is 1. The Morgan fingerprint density at radius 1 is 1.32 bits per heavy atom. The third-order valence-electron chi connectivity index (χ3n) is 6.48. The molecule has 3 aliphatic heterocycles. The number of nitrogens with one attached hydrogen (secondary N) is 1. The highest BCUT2D eigenvalue weighted by atomic mass is 127. The number of aromatic amines is 1. The molecule has 5 atom stereocenters. The van der Waals surface area contributed by atoms with Gasteiger partial charge in [-0.1, -0.05) is 13.3 Å². The van der Waals surface area contributed by atoms with E-state index in [9.17, 15) is 0 Å². The Hall–Kier alpha value is -0.550. The van der Waals surface area contributed by atoms with Crippen LogP contribution in [0.5, 0.6) is 0 Å². The van der Waals surface area contributed by atoms with Gasteiger partial charge in [-0.05, 0) is 77.5 Å². The molecule has 4 heterocycles. The van der Waals surface area contributed by atoms with E-state index < -0.39 is 0 Å². The molecule has 1 N–H and O–H groups in total. The van der Waals surface area contributed by atoms with Crippen molar-refractivity contribution in [2.24, 2.45) is 11.8 Å². The zero-order chi connectivity index (χ0) is 14.8. The third kappa shape index (κ3) is 1.87. The summed E-state index contributed by atoms with van der Waals surface area (Å²) in [5.74, 6) is 2.59. The van der Waals surface area contributed by atoms with Gasteiger partial charge in [0.15, 0.2) is 0 Å². The standard InChI is InChI=1S/C19H23IN2/c1-2-12-7-11-8-16-18-14(5-6-22(10-11)19(12)16)15-9-13(20)3-4-17(15)21-18/h3-4,9,11-12,16,19,21H,2,5-8,10H2,1H3/t11-,12-,16-,19?/m0/s1. The molecule has 4 bridgehead atoms. The van der Waals surface area contributed by atoms with E-state index in [4.69, 9.17) is 0 Å². The molecule has 3 fully saturated rings. The number of rotatable bonds is 1. The smallest absolute Gasteiger partial charge is 0.0459 e. The quantitative estimate of drug-likeness (QED) is 0.690. The molecule has 2 nitrogen and oxygen atoms in total. The molecule has 22 heavy (non-hydrogen) atoms. The second-order valence-corrected chi connectivity index (χ2v) is 8.80. The lowest BCUT2D eigenvalue weighted by Crippen LogP contribution is -2.56. The summed E-state index contributed by atoms with van der Waals surface area (Å²) < 4.78 is 1.35. The highest BCUT2D eigenvalue weighted by Gasteiger charge is 2.48. The number of aromatic nitrogens is 1. The van der Waals surface area contributed by atoms with Gasteiger partial charge in [0.1, 0.15) is 0 Å². The molecular formula is C19H23IN2. The van der Waals surface area contributed by atoms with Crippen LogP contribution in [-0.4, -0.2) is 29.0 Å². The fourth-order valence-electron chi connectivity index (χ4n) is 5.67. The van der Waals surface area contributed by atoms with Gasteiger partial charge >= 0.3 is 0 Å². The van der Waals surface area contributed by atoms with Crippen LogP contribution in [0.1, 0.15) is 43.4 Å². The van der Waals surface area contributed by atoms with Crippen LogP contribution < -0.4 is 0 Å². The van der Waals surface area contributed by atoms with Gasteiger partial charge in [-0.25, -0.2) is 0 Å². The second-order valence-electron chi connectivity index (χ2n) is 7.55. The van der Waals surface area contributed by atoms with Gasteiger partial charge in [0, 0.05) is 45.2 Å². The van der Waals surface area contributed by atoms with Crippen LogP contribution in [0.15, 0.2) is 18.2 Å². The largest absolute Gasteiger partial charge is 0.358 e. The minimum atomic E-state index is 0.750. The van der Waals surface area contributed by atoms with E-state index in [1.807, 2.05) is 0 Å². The van der Waals surface area contributed by atoms with Gasteiger partial charge in [-0.3, -0.25) is 4.90 Å². The van der Waals surface area contributed by atoms with Crippen molar-refractivity contribution in [3.05, 3.63) is 33.0 Å². The molecule has 6 rings (SSSR count). The summed E-state index contributed by atoms with van der Waals surface area (Å²) in [6, 6.07) is 7.68. The maximum Gasteiger partial charge on any atom is 0.0459 e. The van der Waals surface area contributed by atoms with Crippen molar-refractivity contribution in [1.29, 1.82) is 0 Å². The van der Waals surface area contributed by atoms with Crippen LogP contribution in [0.25, 0.3) is 10.9 Å². The fraction of sp³-hybridized carbons (Fsp3) is 0.579. The normalized spacial score (nSPS) is 36.4. The van der Waals surface area contributed by atoms with E-state index >= 15 is 0 Å². The molecule has 0 amide bonds. The molecule has 1 aromatic heterocycles. The van der Waals surface area contributed by atoms with Crippen molar-refractivity contribution < 1.29 is 0 Å². The van der Waals surface area contributed by atoms with Gasteiger partial charge in [0.25, 0.3) is 0 Å². The number of piperidine rings is 2. The highest BCUT2D eigenvalue weighted by molar-refractivity contribution is 14.1. The lowest BCUT2D eigenvalue weighted by atomic mass is 9.65. The fourth-order valence-corrected chi connectivity index (χ4v) is 6.16. The Kier molecular flexibility index (Phi) is 3.13. The van der Waals surface area contributed by atoms with Crippen LogP contribution in [0.2, 0.25) is 0 Å². The van der Waals surface area contributed by atoms with E-state index in [2.05, 4.69) is 57.6 Å². The Morgan fingerprint density at radius 3 is 3.09 bits per heavy atom. The molecule has 2 saturated heterocycles. The first-order valence-corrected chi connectivity index (χ1v) is 9.86. The maximum atomic E-state index is 3.84. The third-order valence-corrected chi connectivity index (χ3v) is 7.15. The number of halogens is 1. The van der Waals surface area contributed by atoms with Gasteiger partial charge in [0.2, 0.25) is 0 Å². The molecule has 116 valence electrons. The number of fused-ring (bicyclic) bond motifs is 4. The summed E-state index contributed by atoms with van der Waals surface area (Å²) in [6.45, 7) is 5.02. The first kappa shape index (κ1) is 13.8. The zero-order valence-corrected chi connectivity index (χ0v) is 15.3. The van der Waals surface area contributed by atoms with Crippen LogP contribution in [-0.2, 0) is 6.42 Å². The monoisotopic (exact) mass is 406 g/mol. The average molecular weight is 406 g/mol. The average Bonchev–Trinajstić information content (AvgIpc) is 2.85. The first-order chi connectivity index (χ1) is 10.7. The minimum Gasteiger partial charge on any atom is -0.358 e. The molecule has 4 aliphatic rings. The highest BCUT2D eigenvalue weighted by Crippen LogP contribution is 2.51. The molecule has 1 saturated carbocycles. The Labute approximate surface area is 145 Å². The van der Waals surface area contributed by atoms with E-state index in [0.717, 1.165) is 23.8 Å². The number of hydrogen-bond donors (Lipinski definition) is 1. The topological polar surface area (TPSA) is 19.0 Å². The van der Waals surface area contributed by atoms with Crippen LogP contribution in [0.4, 0.5) is 0 Å². The summed E-state index contributed by atoms with van der Waals surface area (Å²) in [6.07, 6.45) is 5.46. The van der Waals surface area contributed by atoms with Crippen molar-refractivity contribution in [3.63, 3.8) is 0 Å². The maximum absolute atomic E-state index is 3.84. The van der Waals surface area contributed by atoms with Gasteiger partial charge < -0.3 is 4.98 Å². The van der Waals surface area contributed by atoms with Crippen molar-refractivity contribution in [2.75, 3.05) is 13.1 Å². The Morgan fingerprint density at radius 2 is 2.23 bits per heavy atom. The Bertz CT molecular complexity index is 734. The molecule has 3 heteroatoms. The molecule has 0 radical (unpaired) electrons. The van der Waals surface area contributed by atoms with Gasteiger partial charge in [-0.2, -0.15) is 0 Å². The predicted molar refractivity (Wildman–Crippen MR) is 99.3 cm³/mol. The molecule has 1 aliphatic carbocycles. The first-order valence-electron chi connectivity index (χ1n) is 8.78. The summed E-state index contributed by atoms with van der Waals surface area (Å²) in [5.41, 5.74) is 4.57. The SMILES string of the molecule is CC[C@H]1C[C@H]2C[C@H]3c4[nH]c5ccc(I)cc5c4CCN(C2)C13.